The summed E-state index contributed by atoms with van der Waals surface area (Å²) >= 11 is 3.71. The minimum absolute atomic E-state index is 0.398. The summed E-state index contributed by atoms with van der Waals surface area (Å²) in [6, 6.07) is 70.8. The predicted molar refractivity (Wildman–Crippen MR) is 238 cm³/mol. The first-order chi connectivity index (χ1) is 28.2. The van der Waals surface area contributed by atoms with Gasteiger partial charge in [0.05, 0.1) is 16.8 Å². The molecule has 1 aliphatic heterocycles. The highest BCUT2D eigenvalue weighted by atomic mass is 32.2. The first-order valence-electron chi connectivity index (χ1n) is 19.3. The second kappa shape index (κ2) is 12.7. The van der Waals surface area contributed by atoms with Crippen LogP contribution in [0, 0.1) is 0 Å². The third kappa shape index (κ3) is 4.98. The quantitative estimate of drug-likeness (QED) is 0.179. The molecule has 2 nitrogen and oxygen atoms in total. The molecule has 1 aliphatic carbocycles. The van der Waals surface area contributed by atoms with Crippen molar-refractivity contribution in [3.8, 4) is 56.2 Å². The maximum absolute atomic E-state index is 5.16. The maximum Gasteiger partial charge on any atom is 0.160 e. The molecule has 2 aliphatic rings. The first kappa shape index (κ1) is 32.6. The summed E-state index contributed by atoms with van der Waals surface area (Å²) in [5.74, 6) is 0.721. The summed E-state index contributed by atoms with van der Waals surface area (Å²) < 4.78 is 2.56. The van der Waals surface area contributed by atoms with Gasteiger partial charge in [-0.1, -0.05) is 169 Å². The van der Waals surface area contributed by atoms with Crippen molar-refractivity contribution < 1.29 is 0 Å². The largest absolute Gasteiger partial charge is 0.228 e. The van der Waals surface area contributed by atoms with E-state index in [-0.39, 0.29) is 0 Å². The third-order valence-corrected chi connectivity index (χ3v) is 14.1. The Morgan fingerprint density at radius 3 is 1.72 bits per heavy atom. The number of benzene rings is 8. The van der Waals surface area contributed by atoms with Gasteiger partial charge in [0.1, 0.15) is 0 Å². The van der Waals surface area contributed by atoms with Crippen LogP contribution in [0.1, 0.15) is 22.3 Å². The Morgan fingerprint density at radius 2 is 0.930 bits per heavy atom. The number of aromatic nitrogens is 2. The van der Waals surface area contributed by atoms with E-state index >= 15 is 0 Å². The molecule has 0 unspecified atom stereocenters. The van der Waals surface area contributed by atoms with Gasteiger partial charge in [0.2, 0.25) is 0 Å². The fraction of sp³-hybridized carbons (Fsp3) is 0.0189. The van der Waals surface area contributed by atoms with E-state index < -0.39 is 5.41 Å². The van der Waals surface area contributed by atoms with Crippen LogP contribution in [0.25, 0.3) is 76.3 Å². The fourth-order valence-electron chi connectivity index (χ4n) is 9.21. The number of fused-ring (bicyclic) bond motifs is 12. The van der Waals surface area contributed by atoms with Crippen LogP contribution in [0.3, 0.4) is 0 Å². The monoisotopic (exact) mass is 760 g/mol. The van der Waals surface area contributed by atoms with Gasteiger partial charge >= 0.3 is 0 Å². The van der Waals surface area contributed by atoms with Gasteiger partial charge in [0, 0.05) is 46.7 Å². The van der Waals surface area contributed by atoms with Gasteiger partial charge in [-0.3, -0.25) is 0 Å². The lowest BCUT2D eigenvalue weighted by Crippen LogP contribution is -2.32. The van der Waals surface area contributed by atoms with E-state index in [1.807, 2.05) is 41.3 Å². The normalized spacial score (nSPS) is 13.3. The topological polar surface area (TPSA) is 25.8 Å². The molecule has 1 spiro atoms. The van der Waals surface area contributed by atoms with Crippen molar-refractivity contribution in [3.63, 3.8) is 0 Å². The van der Waals surface area contributed by atoms with Crippen molar-refractivity contribution in [2.24, 2.45) is 0 Å². The fourth-order valence-corrected chi connectivity index (χ4v) is 11.5. The van der Waals surface area contributed by atoms with Crippen molar-refractivity contribution >= 4 is 43.3 Å². The Morgan fingerprint density at radius 1 is 0.351 bits per heavy atom. The molecule has 12 rings (SSSR count). The molecule has 57 heavy (non-hydrogen) atoms. The number of thiophene rings is 1. The van der Waals surface area contributed by atoms with Gasteiger partial charge in [0.25, 0.3) is 0 Å². The molecular formula is C53H32N2S2. The van der Waals surface area contributed by atoms with Gasteiger partial charge in [-0.2, -0.15) is 0 Å². The van der Waals surface area contributed by atoms with Crippen LogP contribution >= 0.6 is 23.1 Å². The molecule has 266 valence electrons. The zero-order chi connectivity index (χ0) is 37.5. The number of hydrogen-bond acceptors (Lipinski definition) is 4. The van der Waals surface area contributed by atoms with Gasteiger partial charge in [-0.05, 0) is 80.9 Å². The van der Waals surface area contributed by atoms with Crippen LogP contribution in [0.5, 0.6) is 0 Å². The Labute approximate surface area is 339 Å². The van der Waals surface area contributed by atoms with Crippen molar-refractivity contribution in [1.82, 2.24) is 9.97 Å². The van der Waals surface area contributed by atoms with Crippen LogP contribution in [0.4, 0.5) is 0 Å². The molecule has 4 heteroatoms. The smallest absolute Gasteiger partial charge is 0.160 e. The van der Waals surface area contributed by atoms with E-state index in [1.165, 1.54) is 74.5 Å². The van der Waals surface area contributed by atoms with Gasteiger partial charge in [0.15, 0.2) is 5.82 Å². The maximum atomic E-state index is 5.16. The highest BCUT2D eigenvalue weighted by Crippen LogP contribution is 2.62. The molecule has 2 aromatic heterocycles. The lowest BCUT2D eigenvalue weighted by molar-refractivity contribution is 0.723. The average Bonchev–Trinajstić information content (AvgIpc) is 3.80. The number of nitrogens with zero attached hydrogens (tertiary/aromatic N) is 2. The first-order valence-corrected chi connectivity index (χ1v) is 20.9. The van der Waals surface area contributed by atoms with Crippen molar-refractivity contribution in [1.29, 1.82) is 0 Å². The van der Waals surface area contributed by atoms with Gasteiger partial charge < -0.3 is 0 Å². The summed E-state index contributed by atoms with van der Waals surface area (Å²) in [5.41, 5.74) is 15.0. The van der Waals surface area contributed by atoms with Crippen molar-refractivity contribution in [3.05, 3.63) is 216 Å². The van der Waals surface area contributed by atoms with Crippen molar-refractivity contribution in [2.45, 2.75) is 15.2 Å². The average molecular weight is 761 g/mol. The molecule has 0 atom stereocenters. The van der Waals surface area contributed by atoms with E-state index in [0.717, 1.165) is 33.9 Å². The molecule has 0 bridgehead atoms. The van der Waals surface area contributed by atoms with E-state index in [9.17, 15) is 0 Å². The molecule has 8 aromatic carbocycles. The minimum Gasteiger partial charge on any atom is -0.228 e. The van der Waals surface area contributed by atoms with E-state index in [4.69, 9.17) is 9.97 Å². The standard InChI is InChI=1S/C53H32N2S2/c1-2-12-35(13-3-1)52-54-46(32-47(55-52)37-26-28-41-40-16-6-10-20-48(40)56-51(41)31-37)34-24-22-33(23-25-34)36-27-29-50-45(30-36)53(44-19-9-11-21-49(44)57-50)42-17-7-4-14-38(42)39-15-5-8-18-43(39)53/h1-32H. The Balaban J connectivity index is 0.976. The van der Waals surface area contributed by atoms with E-state index in [1.54, 1.807) is 0 Å². The van der Waals surface area contributed by atoms with Gasteiger partial charge in [-0.15, -0.1) is 11.3 Å². The number of rotatable bonds is 4. The molecule has 3 heterocycles. The molecule has 0 radical (unpaired) electrons. The predicted octanol–water partition coefficient (Wildman–Crippen LogP) is 14.3. The molecular weight excluding hydrogens is 729 g/mol. The zero-order valence-corrected chi connectivity index (χ0v) is 32.3. The second-order valence-corrected chi connectivity index (χ2v) is 17.0. The molecule has 10 aromatic rings. The summed E-state index contributed by atoms with van der Waals surface area (Å²) in [4.78, 5) is 12.9. The highest BCUT2D eigenvalue weighted by molar-refractivity contribution is 7.99. The summed E-state index contributed by atoms with van der Waals surface area (Å²) in [6.07, 6.45) is 0. The summed E-state index contributed by atoms with van der Waals surface area (Å²) in [5, 5.41) is 2.58. The lowest BCUT2D eigenvalue weighted by atomic mass is 9.67. The third-order valence-electron chi connectivity index (χ3n) is 11.8. The van der Waals surface area contributed by atoms with Crippen LogP contribution < -0.4 is 0 Å². The Kier molecular flexibility index (Phi) is 7.28. The highest BCUT2D eigenvalue weighted by Gasteiger charge is 2.50. The Bertz CT molecular complexity index is 3170. The zero-order valence-electron chi connectivity index (χ0n) is 30.7. The lowest BCUT2D eigenvalue weighted by Gasteiger charge is -2.40. The molecule has 0 saturated carbocycles. The SMILES string of the molecule is c1ccc(-c2nc(-c3ccc(-c4ccc5c(c4)C4(c6ccccc6S5)c5ccccc5-c5ccccc54)cc3)cc(-c3ccc4c(c3)sc3ccccc34)n2)cc1. The number of hydrogen-bond donors (Lipinski definition) is 0. The van der Waals surface area contributed by atoms with Crippen LogP contribution in [-0.2, 0) is 5.41 Å². The second-order valence-electron chi connectivity index (χ2n) is 14.9. The molecule has 0 N–H and O–H groups in total. The van der Waals surface area contributed by atoms with Crippen LogP contribution in [0.2, 0.25) is 0 Å². The van der Waals surface area contributed by atoms with Crippen LogP contribution in [-0.4, -0.2) is 9.97 Å². The molecule has 0 saturated heterocycles. The van der Waals surface area contributed by atoms with Crippen molar-refractivity contribution in [2.75, 3.05) is 0 Å². The summed E-state index contributed by atoms with van der Waals surface area (Å²) in [7, 11) is 0. The van der Waals surface area contributed by atoms with Gasteiger partial charge in [-0.25, -0.2) is 9.97 Å². The molecule has 0 fully saturated rings. The molecule has 0 amide bonds. The summed E-state index contributed by atoms with van der Waals surface area (Å²) in [6.45, 7) is 0. The Hall–Kier alpha value is -6.59. The minimum atomic E-state index is -0.398. The van der Waals surface area contributed by atoms with Crippen LogP contribution in [0.15, 0.2) is 204 Å². The van der Waals surface area contributed by atoms with E-state index in [0.29, 0.717) is 0 Å². The van der Waals surface area contributed by atoms with E-state index in [2.05, 4.69) is 176 Å².